The number of aryl methyl sites for hydroxylation is 2. The zero-order valence-corrected chi connectivity index (χ0v) is 13.7. The lowest BCUT2D eigenvalue weighted by Gasteiger charge is -2.07. The van der Waals surface area contributed by atoms with Gasteiger partial charge in [0, 0.05) is 11.6 Å². The van der Waals surface area contributed by atoms with Crippen LogP contribution >= 0.6 is 0 Å². The summed E-state index contributed by atoms with van der Waals surface area (Å²) in [6, 6.07) is 9.40. The van der Waals surface area contributed by atoms with E-state index in [1.54, 1.807) is 0 Å². The van der Waals surface area contributed by atoms with Crippen LogP contribution in [0, 0.1) is 24.0 Å². The minimum absolute atomic E-state index is 0.212. The summed E-state index contributed by atoms with van der Waals surface area (Å²) in [5.74, 6) is -0.317. The highest BCUT2D eigenvalue weighted by Gasteiger charge is 2.12. The number of carbonyl (C=O) groups is 1. The first-order valence-electron chi connectivity index (χ1n) is 7.35. The highest BCUT2D eigenvalue weighted by molar-refractivity contribution is 5.84. The van der Waals surface area contributed by atoms with E-state index >= 15 is 0 Å². The summed E-state index contributed by atoms with van der Waals surface area (Å²) >= 11 is 0. The quantitative estimate of drug-likeness (QED) is 0.475. The molecule has 2 aromatic carbocycles. The molecule has 0 atom stereocenters. The van der Waals surface area contributed by atoms with Gasteiger partial charge >= 0.3 is 5.69 Å². The van der Waals surface area contributed by atoms with Crippen LogP contribution in [0.5, 0.6) is 11.5 Å². The number of nitro benzene ring substituents is 1. The van der Waals surface area contributed by atoms with Crippen molar-refractivity contribution in [2.75, 3.05) is 6.61 Å². The van der Waals surface area contributed by atoms with Gasteiger partial charge in [-0.2, -0.15) is 5.10 Å². The van der Waals surface area contributed by atoms with E-state index in [1.165, 1.54) is 18.3 Å². The molecule has 1 amide bonds. The van der Waals surface area contributed by atoms with Crippen LogP contribution in [-0.4, -0.2) is 28.8 Å². The predicted molar refractivity (Wildman–Crippen MR) is 91.9 cm³/mol. The summed E-state index contributed by atoms with van der Waals surface area (Å²) in [6.07, 6.45) is 1.24. The summed E-state index contributed by atoms with van der Waals surface area (Å²) in [4.78, 5) is 21.7. The third kappa shape index (κ3) is 5.31. The third-order valence-corrected chi connectivity index (χ3v) is 3.16. The maximum Gasteiger partial charge on any atom is 0.311 e. The molecule has 0 unspecified atom stereocenters. The van der Waals surface area contributed by atoms with Crippen LogP contribution in [0.3, 0.4) is 0 Å². The number of ether oxygens (including phenoxy) is 1. The second kappa shape index (κ2) is 7.91. The van der Waals surface area contributed by atoms with Gasteiger partial charge in [0.1, 0.15) is 5.75 Å². The smallest absolute Gasteiger partial charge is 0.311 e. The molecule has 2 aromatic rings. The van der Waals surface area contributed by atoms with Gasteiger partial charge in [-0.25, -0.2) is 5.43 Å². The Balaban J connectivity index is 1.90. The summed E-state index contributed by atoms with van der Waals surface area (Å²) < 4.78 is 5.39. The Kier molecular flexibility index (Phi) is 5.67. The highest BCUT2D eigenvalue weighted by atomic mass is 16.6. The largest absolute Gasteiger partial charge is 0.502 e. The topological polar surface area (TPSA) is 114 Å². The van der Waals surface area contributed by atoms with E-state index in [9.17, 15) is 20.0 Å². The van der Waals surface area contributed by atoms with E-state index in [1.807, 2.05) is 32.0 Å². The minimum atomic E-state index is -0.705. The lowest BCUT2D eigenvalue weighted by Crippen LogP contribution is -2.24. The third-order valence-electron chi connectivity index (χ3n) is 3.16. The van der Waals surface area contributed by atoms with Crippen LogP contribution in [0.15, 0.2) is 41.5 Å². The first-order valence-corrected chi connectivity index (χ1v) is 7.35. The van der Waals surface area contributed by atoms with Gasteiger partial charge in [0.25, 0.3) is 5.91 Å². The number of phenolic OH excluding ortho intramolecular Hbond substituents is 1. The van der Waals surface area contributed by atoms with Crippen molar-refractivity contribution >= 4 is 17.8 Å². The molecular weight excluding hydrogens is 326 g/mol. The van der Waals surface area contributed by atoms with Crippen LogP contribution in [0.4, 0.5) is 5.69 Å². The molecule has 2 N–H and O–H groups in total. The fourth-order valence-corrected chi connectivity index (χ4v) is 2.14. The molecule has 2 rings (SSSR count). The van der Waals surface area contributed by atoms with Crippen LogP contribution in [-0.2, 0) is 4.79 Å². The van der Waals surface area contributed by atoms with E-state index < -0.39 is 22.3 Å². The monoisotopic (exact) mass is 343 g/mol. The second-order valence-electron chi connectivity index (χ2n) is 5.41. The van der Waals surface area contributed by atoms with Crippen molar-refractivity contribution in [2.45, 2.75) is 13.8 Å². The maximum atomic E-state index is 11.7. The number of rotatable bonds is 6. The Hall–Kier alpha value is -3.42. The first-order chi connectivity index (χ1) is 11.8. The molecule has 0 heterocycles. The van der Waals surface area contributed by atoms with Crippen molar-refractivity contribution in [3.63, 3.8) is 0 Å². The van der Waals surface area contributed by atoms with Crippen LogP contribution < -0.4 is 10.2 Å². The Morgan fingerprint density at radius 3 is 2.60 bits per heavy atom. The molecule has 0 aliphatic carbocycles. The lowest BCUT2D eigenvalue weighted by atomic mass is 10.1. The fraction of sp³-hybridized carbons (Fsp3) is 0.176. The predicted octanol–water partition coefficient (Wildman–Crippen LogP) is 2.45. The zero-order valence-electron chi connectivity index (χ0n) is 13.7. The molecule has 0 saturated heterocycles. The summed E-state index contributed by atoms with van der Waals surface area (Å²) in [6.45, 7) is 3.65. The molecular formula is C17H17N3O5. The molecule has 25 heavy (non-hydrogen) atoms. The fourth-order valence-electron chi connectivity index (χ4n) is 2.14. The number of phenols is 1. The van der Waals surface area contributed by atoms with Gasteiger partial charge in [0.2, 0.25) is 0 Å². The number of benzene rings is 2. The molecule has 0 bridgehead atoms. The Morgan fingerprint density at radius 2 is 1.96 bits per heavy atom. The summed E-state index contributed by atoms with van der Waals surface area (Å²) in [5, 5.41) is 23.8. The molecule has 8 nitrogen and oxygen atoms in total. The number of hydrazone groups is 1. The number of hydrogen-bond donors (Lipinski definition) is 2. The molecule has 0 aliphatic heterocycles. The van der Waals surface area contributed by atoms with E-state index in [-0.39, 0.29) is 6.61 Å². The molecule has 0 fully saturated rings. The van der Waals surface area contributed by atoms with E-state index in [2.05, 4.69) is 10.5 Å². The maximum absolute atomic E-state index is 11.7. The normalized spacial score (nSPS) is 10.6. The number of nitrogens with zero attached hydrogens (tertiary/aromatic N) is 2. The molecule has 0 saturated carbocycles. The number of hydrogen-bond acceptors (Lipinski definition) is 6. The summed E-state index contributed by atoms with van der Waals surface area (Å²) in [7, 11) is 0. The first kappa shape index (κ1) is 17.9. The molecule has 0 aromatic heterocycles. The minimum Gasteiger partial charge on any atom is -0.502 e. The average molecular weight is 343 g/mol. The Labute approximate surface area is 143 Å². The van der Waals surface area contributed by atoms with Crippen molar-refractivity contribution in [2.24, 2.45) is 5.10 Å². The SMILES string of the molecule is Cc1cc(C)cc(OCC(=O)N/N=C/c2ccc(O)c([N+](=O)[O-])c2)c1. The second-order valence-corrected chi connectivity index (χ2v) is 5.41. The number of aromatic hydroxyl groups is 1. The van der Waals surface area contributed by atoms with Crippen LogP contribution in [0.1, 0.15) is 16.7 Å². The van der Waals surface area contributed by atoms with Crippen molar-refractivity contribution < 1.29 is 19.6 Å². The Morgan fingerprint density at radius 1 is 1.28 bits per heavy atom. The average Bonchev–Trinajstić information content (AvgIpc) is 2.53. The Bertz CT molecular complexity index is 813. The van der Waals surface area contributed by atoms with Crippen molar-refractivity contribution in [3.05, 3.63) is 63.2 Å². The van der Waals surface area contributed by atoms with E-state index in [0.29, 0.717) is 11.3 Å². The molecule has 130 valence electrons. The number of amides is 1. The van der Waals surface area contributed by atoms with Gasteiger partial charge in [-0.3, -0.25) is 14.9 Å². The molecule has 0 radical (unpaired) electrons. The van der Waals surface area contributed by atoms with Gasteiger partial charge in [-0.05, 0) is 49.2 Å². The van der Waals surface area contributed by atoms with Gasteiger partial charge in [-0.15, -0.1) is 0 Å². The van der Waals surface area contributed by atoms with Crippen molar-refractivity contribution in [1.29, 1.82) is 0 Å². The molecule has 8 heteroatoms. The van der Waals surface area contributed by atoms with E-state index in [4.69, 9.17) is 4.74 Å². The molecule has 0 spiro atoms. The molecule has 0 aliphatic rings. The van der Waals surface area contributed by atoms with Crippen molar-refractivity contribution in [1.82, 2.24) is 5.43 Å². The van der Waals surface area contributed by atoms with Crippen LogP contribution in [0.2, 0.25) is 0 Å². The highest BCUT2D eigenvalue weighted by Crippen LogP contribution is 2.25. The van der Waals surface area contributed by atoms with Gasteiger partial charge < -0.3 is 9.84 Å². The van der Waals surface area contributed by atoms with Gasteiger partial charge in [0.15, 0.2) is 12.4 Å². The van der Waals surface area contributed by atoms with Gasteiger partial charge in [-0.1, -0.05) is 6.07 Å². The van der Waals surface area contributed by atoms with Gasteiger partial charge in [0.05, 0.1) is 11.1 Å². The standard InChI is InChI=1S/C17H17N3O5/c1-11-5-12(2)7-14(6-11)25-10-17(22)19-18-9-13-3-4-16(21)15(8-13)20(23)24/h3-9,21H,10H2,1-2H3,(H,19,22)/b18-9+. The number of nitrogens with one attached hydrogen (secondary N) is 1. The number of nitro groups is 1. The van der Waals surface area contributed by atoms with Crippen LogP contribution in [0.25, 0.3) is 0 Å². The van der Waals surface area contributed by atoms with E-state index in [0.717, 1.165) is 17.2 Å². The van der Waals surface area contributed by atoms with Crippen molar-refractivity contribution in [3.8, 4) is 11.5 Å². The lowest BCUT2D eigenvalue weighted by molar-refractivity contribution is -0.385. The summed E-state index contributed by atoms with van der Waals surface area (Å²) in [5.41, 5.74) is 4.25. The zero-order chi connectivity index (χ0) is 18.4. The number of carbonyl (C=O) groups excluding carboxylic acids is 1.